The first-order chi connectivity index (χ1) is 12.0. The molecule has 0 atom stereocenters. The molecule has 1 aromatic heterocycles. The van der Waals surface area contributed by atoms with Crippen LogP contribution in [0.3, 0.4) is 0 Å². The third-order valence-corrected chi connectivity index (χ3v) is 4.97. The molecule has 2 N–H and O–H groups in total. The Morgan fingerprint density at radius 1 is 1.28 bits per heavy atom. The summed E-state index contributed by atoms with van der Waals surface area (Å²) in [6.07, 6.45) is 0. The number of quaternary nitrogens is 1. The van der Waals surface area contributed by atoms with Gasteiger partial charge in [-0.05, 0) is 24.3 Å². The number of para-hydroxylation sites is 1. The van der Waals surface area contributed by atoms with E-state index < -0.39 is 0 Å². The van der Waals surface area contributed by atoms with Gasteiger partial charge < -0.3 is 19.5 Å². The van der Waals surface area contributed by atoms with Crippen LogP contribution in [0.25, 0.3) is 0 Å². The highest BCUT2D eigenvalue weighted by atomic mass is 32.2. The monoisotopic (exact) mass is 360 g/mol. The predicted molar refractivity (Wildman–Crippen MR) is 97.1 cm³/mol. The zero-order valence-corrected chi connectivity index (χ0v) is 15.2. The fourth-order valence-electron chi connectivity index (χ4n) is 2.58. The third-order valence-electron chi connectivity index (χ3n) is 3.92. The molecule has 3 rings (SSSR count). The van der Waals surface area contributed by atoms with Gasteiger partial charge in [-0.2, -0.15) is 0 Å². The Hall–Kier alpha value is -2.25. The number of hydrogen-bond acceptors (Lipinski definition) is 4. The first-order valence-electron chi connectivity index (χ1n) is 8.22. The Labute approximate surface area is 151 Å². The number of anilines is 1. The highest BCUT2D eigenvalue weighted by Crippen LogP contribution is 2.35. The summed E-state index contributed by atoms with van der Waals surface area (Å²) in [4.78, 5) is 28.4. The van der Waals surface area contributed by atoms with Crippen molar-refractivity contribution in [3.63, 3.8) is 0 Å². The minimum atomic E-state index is -0.228. The maximum absolute atomic E-state index is 12.3. The summed E-state index contributed by atoms with van der Waals surface area (Å²) in [5.74, 6) is 1.10. The summed E-state index contributed by atoms with van der Waals surface area (Å²) in [7, 11) is 4.06. The molecule has 25 heavy (non-hydrogen) atoms. The van der Waals surface area contributed by atoms with Crippen LogP contribution < -0.4 is 15.1 Å². The molecule has 7 heteroatoms. The van der Waals surface area contributed by atoms with Crippen molar-refractivity contribution >= 4 is 29.3 Å². The summed E-state index contributed by atoms with van der Waals surface area (Å²) < 4.78 is 5.65. The fourth-order valence-corrected chi connectivity index (χ4v) is 3.52. The van der Waals surface area contributed by atoms with Crippen LogP contribution in [0.1, 0.15) is 16.3 Å². The summed E-state index contributed by atoms with van der Waals surface area (Å²) >= 11 is 1.54. The van der Waals surface area contributed by atoms with E-state index in [0.29, 0.717) is 24.6 Å². The minimum absolute atomic E-state index is 0.0417. The summed E-state index contributed by atoms with van der Waals surface area (Å²) in [6.45, 7) is 1.76. The number of rotatable bonds is 6. The van der Waals surface area contributed by atoms with Crippen molar-refractivity contribution in [2.45, 2.75) is 11.4 Å². The molecule has 0 spiro atoms. The maximum atomic E-state index is 12.3. The molecule has 6 nitrogen and oxygen atoms in total. The molecule has 0 fully saturated rings. The predicted octanol–water partition coefficient (Wildman–Crippen LogP) is 0.793. The molecule has 2 aromatic rings. The lowest BCUT2D eigenvalue weighted by molar-refractivity contribution is -0.856. The lowest BCUT2D eigenvalue weighted by Gasteiger charge is -2.28. The number of nitrogens with zero attached hydrogens (tertiary/aromatic N) is 1. The van der Waals surface area contributed by atoms with Crippen LogP contribution in [-0.4, -0.2) is 44.8 Å². The van der Waals surface area contributed by atoms with Gasteiger partial charge in [-0.3, -0.25) is 9.59 Å². The smallest absolute Gasteiger partial charge is 0.287 e. The normalized spacial score (nSPS) is 13.9. The molecule has 1 aliphatic rings. The Bertz CT molecular complexity index is 772. The Balaban J connectivity index is 1.67. The summed E-state index contributed by atoms with van der Waals surface area (Å²) in [6, 6.07) is 11.2. The van der Waals surface area contributed by atoms with Crippen LogP contribution in [0, 0.1) is 0 Å². The number of carbonyl (C=O) groups excluding carboxylic acids is 2. The van der Waals surface area contributed by atoms with Gasteiger partial charge in [0, 0.05) is 4.90 Å². The van der Waals surface area contributed by atoms with Crippen molar-refractivity contribution in [2.24, 2.45) is 0 Å². The molecule has 0 unspecified atom stereocenters. The molecule has 132 valence electrons. The molecule has 0 bridgehead atoms. The lowest BCUT2D eigenvalue weighted by Crippen LogP contribution is -3.06. The van der Waals surface area contributed by atoms with Crippen molar-refractivity contribution in [1.82, 2.24) is 5.32 Å². The number of thioether (sulfide) groups is 1. The lowest BCUT2D eigenvalue weighted by atomic mass is 10.2. The number of carbonyl (C=O) groups is 2. The average molecular weight is 360 g/mol. The zero-order chi connectivity index (χ0) is 17.8. The molecule has 0 radical (unpaired) electrons. The van der Waals surface area contributed by atoms with E-state index in [0.717, 1.165) is 17.1 Å². The minimum Gasteiger partial charge on any atom is -0.454 e. The van der Waals surface area contributed by atoms with Crippen molar-refractivity contribution in [2.75, 3.05) is 37.8 Å². The van der Waals surface area contributed by atoms with Crippen LogP contribution in [0.5, 0.6) is 0 Å². The number of nitrogens with one attached hydrogen (secondary N) is 2. The number of furan rings is 1. The third kappa shape index (κ3) is 4.24. The standard InChI is InChI=1S/C18H21N3O3S/c1-20(2)10-9-19-18(23)15-8-7-13(24-15)11-21-14-5-3-4-6-16(14)25-12-17(21)22/h3-8H,9-12H2,1-2H3,(H,19,23)/p+1. The second kappa shape index (κ2) is 7.76. The Kier molecular flexibility index (Phi) is 5.45. The van der Waals surface area contributed by atoms with Crippen molar-refractivity contribution in [1.29, 1.82) is 0 Å². The molecule has 1 aromatic carbocycles. The number of fused-ring (bicyclic) bond motifs is 1. The van der Waals surface area contributed by atoms with Gasteiger partial charge in [0.25, 0.3) is 5.91 Å². The fraction of sp³-hybridized carbons (Fsp3) is 0.333. The van der Waals surface area contributed by atoms with Crippen LogP contribution in [-0.2, 0) is 11.3 Å². The SMILES string of the molecule is C[NH+](C)CCNC(=O)c1ccc(CN2C(=O)CSc3ccccc32)o1. The zero-order valence-electron chi connectivity index (χ0n) is 14.4. The van der Waals surface area contributed by atoms with E-state index in [4.69, 9.17) is 4.42 Å². The molecule has 2 heterocycles. The van der Waals surface area contributed by atoms with Crippen molar-refractivity contribution in [3.8, 4) is 0 Å². The number of likely N-dealkylation sites (N-methyl/N-ethyl adjacent to an activating group) is 1. The topological polar surface area (TPSA) is 67.0 Å². The van der Waals surface area contributed by atoms with E-state index in [1.165, 1.54) is 4.90 Å². The molecule has 1 aliphatic heterocycles. The van der Waals surface area contributed by atoms with Crippen LogP contribution >= 0.6 is 11.8 Å². The highest BCUT2D eigenvalue weighted by Gasteiger charge is 2.25. The second-order valence-electron chi connectivity index (χ2n) is 6.22. The van der Waals surface area contributed by atoms with Gasteiger partial charge in [0.1, 0.15) is 5.76 Å². The van der Waals surface area contributed by atoms with Crippen molar-refractivity contribution in [3.05, 3.63) is 47.9 Å². The number of hydrogen-bond donors (Lipinski definition) is 2. The first-order valence-corrected chi connectivity index (χ1v) is 9.21. The highest BCUT2D eigenvalue weighted by molar-refractivity contribution is 8.00. The van der Waals surface area contributed by atoms with Gasteiger partial charge in [0.15, 0.2) is 5.76 Å². The molecule has 0 saturated heterocycles. The van der Waals surface area contributed by atoms with Crippen LogP contribution in [0.15, 0.2) is 45.7 Å². The average Bonchev–Trinajstić information content (AvgIpc) is 3.06. The maximum Gasteiger partial charge on any atom is 0.287 e. The summed E-state index contributed by atoms with van der Waals surface area (Å²) in [5, 5.41) is 2.83. The molecular formula is C18H22N3O3S+. The van der Waals surface area contributed by atoms with Crippen LogP contribution in [0.2, 0.25) is 0 Å². The summed E-state index contributed by atoms with van der Waals surface area (Å²) in [5.41, 5.74) is 0.889. The Morgan fingerprint density at radius 3 is 2.88 bits per heavy atom. The number of benzene rings is 1. The van der Waals surface area contributed by atoms with Gasteiger partial charge in [-0.15, -0.1) is 11.8 Å². The van der Waals surface area contributed by atoms with E-state index in [2.05, 4.69) is 5.32 Å². The van der Waals surface area contributed by atoms with Gasteiger partial charge >= 0.3 is 0 Å². The van der Waals surface area contributed by atoms with Crippen LogP contribution in [0.4, 0.5) is 5.69 Å². The van der Waals surface area contributed by atoms with Gasteiger partial charge in [-0.25, -0.2) is 0 Å². The van der Waals surface area contributed by atoms with E-state index in [1.54, 1.807) is 28.8 Å². The second-order valence-corrected chi connectivity index (χ2v) is 7.23. The van der Waals surface area contributed by atoms with Crippen molar-refractivity contribution < 1.29 is 18.9 Å². The van der Waals surface area contributed by atoms with E-state index in [9.17, 15) is 9.59 Å². The molecular weight excluding hydrogens is 338 g/mol. The van der Waals surface area contributed by atoms with Gasteiger partial charge in [0.2, 0.25) is 5.91 Å². The Morgan fingerprint density at radius 2 is 2.08 bits per heavy atom. The quantitative estimate of drug-likeness (QED) is 0.799. The first kappa shape index (κ1) is 17.6. The van der Waals surface area contributed by atoms with E-state index >= 15 is 0 Å². The van der Waals surface area contributed by atoms with E-state index in [1.807, 2.05) is 38.4 Å². The molecule has 2 amide bonds. The largest absolute Gasteiger partial charge is 0.454 e. The van der Waals surface area contributed by atoms with Gasteiger partial charge in [0.05, 0.1) is 45.2 Å². The van der Waals surface area contributed by atoms with E-state index in [-0.39, 0.29) is 17.6 Å². The van der Waals surface area contributed by atoms with Gasteiger partial charge in [-0.1, -0.05) is 12.1 Å². The number of amides is 2. The molecule has 0 saturated carbocycles. The molecule has 0 aliphatic carbocycles.